The van der Waals surface area contributed by atoms with E-state index in [1.807, 2.05) is 6.07 Å². The van der Waals surface area contributed by atoms with E-state index in [2.05, 4.69) is 39.4 Å². The SMILES string of the molecule is COc1cc(S(C)(=O)=O)ncc1NCC#Cc1cc2c(NC3CCN(C)CC3)cccc2n1CC(F)(F)F. The lowest BCUT2D eigenvalue weighted by Gasteiger charge is -2.30. The summed E-state index contributed by atoms with van der Waals surface area (Å²) in [7, 11) is -0.0419. The Kier molecular flexibility index (Phi) is 8.08. The van der Waals surface area contributed by atoms with Crippen LogP contribution >= 0.6 is 0 Å². The van der Waals surface area contributed by atoms with Gasteiger partial charge in [-0.3, -0.25) is 0 Å². The number of halogens is 3. The summed E-state index contributed by atoms with van der Waals surface area (Å²) < 4.78 is 70.3. The summed E-state index contributed by atoms with van der Waals surface area (Å²) in [6.07, 6.45) is -0.144. The predicted molar refractivity (Wildman–Crippen MR) is 141 cm³/mol. The summed E-state index contributed by atoms with van der Waals surface area (Å²) in [5, 5.41) is 7.06. The van der Waals surface area contributed by atoms with Crippen LogP contribution in [0, 0.1) is 11.8 Å². The van der Waals surface area contributed by atoms with E-state index >= 15 is 0 Å². The second-order valence-corrected chi connectivity index (χ2v) is 11.3. The van der Waals surface area contributed by atoms with Crippen molar-refractivity contribution in [2.45, 2.75) is 36.6 Å². The number of pyridine rings is 1. The Balaban J connectivity index is 1.59. The minimum absolute atomic E-state index is 0.0739. The molecule has 3 heterocycles. The van der Waals surface area contributed by atoms with Gasteiger partial charge in [0.2, 0.25) is 0 Å². The molecule has 0 aliphatic carbocycles. The average molecular weight is 550 g/mol. The number of hydrogen-bond donors (Lipinski definition) is 2. The van der Waals surface area contributed by atoms with Gasteiger partial charge < -0.3 is 24.8 Å². The Labute approximate surface area is 220 Å². The molecule has 1 fully saturated rings. The lowest BCUT2D eigenvalue weighted by atomic mass is 10.0. The fourth-order valence-corrected chi connectivity index (χ4v) is 5.00. The van der Waals surface area contributed by atoms with Crippen molar-refractivity contribution in [3.05, 3.63) is 42.2 Å². The molecule has 4 rings (SSSR count). The molecule has 1 aliphatic heterocycles. The van der Waals surface area contributed by atoms with Gasteiger partial charge in [0.15, 0.2) is 14.9 Å². The molecule has 2 aromatic heterocycles. The summed E-state index contributed by atoms with van der Waals surface area (Å²) in [5.41, 5.74) is 1.91. The van der Waals surface area contributed by atoms with Crippen LogP contribution in [0.3, 0.4) is 0 Å². The van der Waals surface area contributed by atoms with Gasteiger partial charge >= 0.3 is 6.18 Å². The molecule has 0 spiro atoms. The van der Waals surface area contributed by atoms with Crippen molar-refractivity contribution in [1.29, 1.82) is 0 Å². The molecule has 8 nitrogen and oxygen atoms in total. The standard InChI is InChI=1S/C26H30F3N5O3S/c1-33-12-9-18(10-13-33)32-21-7-4-8-23-20(21)14-19(34(23)17-26(27,28)29)6-5-11-30-22-16-31-25(38(3,35)36)15-24(22)37-2/h4,7-8,14-16,18,30,32H,9-13,17H2,1-3H3. The van der Waals surface area contributed by atoms with E-state index in [0.717, 1.165) is 37.9 Å². The topological polar surface area (TPSA) is 88.5 Å². The fourth-order valence-electron chi connectivity index (χ4n) is 4.43. The third-order valence-electron chi connectivity index (χ3n) is 6.39. The zero-order chi connectivity index (χ0) is 27.5. The summed E-state index contributed by atoms with van der Waals surface area (Å²) in [5.74, 6) is 5.99. The smallest absolute Gasteiger partial charge is 0.406 e. The molecule has 204 valence electrons. The zero-order valence-corrected chi connectivity index (χ0v) is 22.2. The number of nitrogens with one attached hydrogen (secondary N) is 2. The molecule has 12 heteroatoms. The maximum atomic E-state index is 13.5. The number of fused-ring (bicyclic) bond motifs is 1. The number of hydrogen-bond acceptors (Lipinski definition) is 7. The maximum absolute atomic E-state index is 13.5. The number of aromatic nitrogens is 2. The number of likely N-dealkylation sites (tertiary alicyclic amines) is 1. The van der Waals surface area contributed by atoms with E-state index in [9.17, 15) is 21.6 Å². The summed E-state index contributed by atoms with van der Waals surface area (Å²) in [4.78, 5) is 6.18. The number of anilines is 2. The van der Waals surface area contributed by atoms with Crippen molar-refractivity contribution in [2.24, 2.45) is 0 Å². The molecule has 1 saturated heterocycles. The monoisotopic (exact) mass is 549 g/mol. The lowest BCUT2D eigenvalue weighted by Crippen LogP contribution is -2.36. The third-order valence-corrected chi connectivity index (χ3v) is 7.37. The Morgan fingerprint density at radius 1 is 1.18 bits per heavy atom. The number of alkyl halides is 3. The van der Waals surface area contributed by atoms with Crippen molar-refractivity contribution >= 4 is 32.1 Å². The minimum Gasteiger partial charge on any atom is -0.494 e. The van der Waals surface area contributed by atoms with Gasteiger partial charge in [-0.25, -0.2) is 13.4 Å². The number of ether oxygens (including phenoxy) is 1. The van der Waals surface area contributed by atoms with E-state index < -0.39 is 22.6 Å². The summed E-state index contributed by atoms with van der Waals surface area (Å²) in [6.45, 7) is 0.842. The number of sulfone groups is 1. The fraction of sp³-hybridized carbons (Fsp3) is 0.423. The van der Waals surface area contributed by atoms with Crippen LogP contribution in [0.5, 0.6) is 5.75 Å². The van der Waals surface area contributed by atoms with Gasteiger partial charge in [0.25, 0.3) is 0 Å². The molecule has 3 aromatic rings. The van der Waals surface area contributed by atoms with Crippen molar-refractivity contribution in [2.75, 3.05) is 50.7 Å². The van der Waals surface area contributed by atoms with Crippen LogP contribution < -0.4 is 15.4 Å². The molecule has 0 saturated carbocycles. The molecule has 1 aliphatic rings. The van der Waals surface area contributed by atoms with Gasteiger partial charge in [0, 0.05) is 29.4 Å². The molecule has 0 unspecified atom stereocenters. The Bertz CT molecular complexity index is 1470. The zero-order valence-electron chi connectivity index (χ0n) is 21.4. The van der Waals surface area contributed by atoms with Gasteiger partial charge in [-0.05, 0) is 57.1 Å². The number of piperidine rings is 1. The van der Waals surface area contributed by atoms with Gasteiger partial charge in [-0.1, -0.05) is 12.0 Å². The Morgan fingerprint density at radius 2 is 1.92 bits per heavy atom. The first-order valence-electron chi connectivity index (χ1n) is 12.1. The highest BCUT2D eigenvalue weighted by Gasteiger charge is 2.30. The van der Waals surface area contributed by atoms with Crippen molar-refractivity contribution in [3.63, 3.8) is 0 Å². The van der Waals surface area contributed by atoms with Gasteiger partial charge in [-0.15, -0.1) is 0 Å². The Morgan fingerprint density at radius 3 is 2.58 bits per heavy atom. The van der Waals surface area contributed by atoms with E-state index in [1.54, 1.807) is 18.2 Å². The number of benzene rings is 1. The van der Waals surface area contributed by atoms with Crippen LogP contribution in [-0.2, 0) is 16.4 Å². The molecular weight excluding hydrogens is 519 g/mol. The summed E-state index contributed by atoms with van der Waals surface area (Å²) in [6, 6.07) is 8.55. The van der Waals surface area contributed by atoms with Crippen LogP contribution in [0.1, 0.15) is 18.5 Å². The predicted octanol–water partition coefficient (Wildman–Crippen LogP) is 3.98. The van der Waals surface area contributed by atoms with Crippen LogP contribution in [0.25, 0.3) is 10.9 Å². The number of nitrogens with zero attached hydrogens (tertiary/aromatic N) is 3. The first-order chi connectivity index (χ1) is 17.9. The van der Waals surface area contributed by atoms with Crippen molar-refractivity contribution in [3.8, 4) is 17.6 Å². The minimum atomic E-state index is -4.42. The second-order valence-electron chi connectivity index (χ2n) is 9.34. The molecule has 0 amide bonds. The highest BCUT2D eigenvalue weighted by Crippen LogP contribution is 2.31. The van der Waals surface area contributed by atoms with E-state index in [-0.39, 0.29) is 29.1 Å². The van der Waals surface area contributed by atoms with E-state index in [4.69, 9.17) is 4.74 Å². The first kappa shape index (κ1) is 27.6. The van der Waals surface area contributed by atoms with Crippen molar-refractivity contribution < 1.29 is 26.3 Å². The largest absolute Gasteiger partial charge is 0.494 e. The van der Waals surface area contributed by atoms with Gasteiger partial charge in [0.1, 0.15) is 12.3 Å². The van der Waals surface area contributed by atoms with Crippen molar-refractivity contribution in [1.82, 2.24) is 14.5 Å². The molecule has 0 bridgehead atoms. The van der Waals surface area contributed by atoms with Crippen LogP contribution in [0.2, 0.25) is 0 Å². The van der Waals surface area contributed by atoms with E-state index in [0.29, 0.717) is 16.6 Å². The van der Waals surface area contributed by atoms with Gasteiger partial charge in [0.05, 0.1) is 36.7 Å². The first-order valence-corrected chi connectivity index (χ1v) is 13.9. The average Bonchev–Trinajstić information content (AvgIpc) is 3.19. The van der Waals surface area contributed by atoms with Crippen LogP contribution in [0.4, 0.5) is 24.5 Å². The third kappa shape index (κ3) is 6.71. The number of rotatable bonds is 7. The second kappa shape index (κ2) is 11.1. The van der Waals surface area contributed by atoms with Gasteiger partial charge in [-0.2, -0.15) is 13.2 Å². The molecule has 1 aromatic carbocycles. The lowest BCUT2D eigenvalue weighted by molar-refractivity contribution is -0.140. The normalized spacial score (nSPS) is 15.2. The maximum Gasteiger partial charge on any atom is 0.406 e. The molecule has 0 atom stereocenters. The van der Waals surface area contributed by atoms with Crippen LogP contribution in [0.15, 0.2) is 41.6 Å². The number of methoxy groups -OCH3 is 1. The molecule has 2 N–H and O–H groups in total. The quantitative estimate of drug-likeness (QED) is 0.431. The molecule has 38 heavy (non-hydrogen) atoms. The molecule has 0 radical (unpaired) electrons. The summed E-state index contributed by atoms with van der Waals surface area (Å²) >= 11 is 0. The highest BCUT2D eigenvalue weighted by atomic mass is 32.2. The van der Waals surface area contributed by atoms with E-state index in [1.165, 1.54) is 23.9 Å². The van der Waals surface area contributed by atoms with Crippen LogP contribution in [-0.4, -0.2) is 75.1 Å². The molecular formula is C26H30F3N5O3S. The highest BCUT2D eigenvalue weighted by molar-refractivity contribution is 7.90. The Hall–Kier alpha value is -3.43.